The van der Waals surface area contributed by atoms with Crippen LogP contribution in [0, 0.1) is 6.92 Å². The fourth-order valence-electron chi connectivity index (χ4n) is 1.82. The lowest BCUT2D eigenvalue weighted by atomic mass is 10.2. The number of nitrogens with one attached hydrogen (secondary N) is 1. The van der Waals surface area contributed by atoms with Crippen molar-refractivity contribution in [1.82, 2.24) is 4.98 Å². The largest absolute Gasteiger partial charge is 0.493 e. The van der Waals surface area contributed by atoms with Crippen molar-refractivity contribution in [2.24, 2.45) is 5.10 Å². The highest BCUT2D eigenvalue weighted by atomic mass is 32.1. The normalized spacial score (nSPS) is 10.6. The number of rotatable bonds is 8. The van der Waals surface area contributed by atoms with Crippen molar-refractivity contribution in [1.29, 1.82) is 0 Å². The number of hydrazone groups is 1. The number of hydrogen-bond donors (Lipinski definition) is 2. The maximum absolute atomic E-state index is 10.7. The number of hydrogen-bond acceptors (Lipinski definition) is 8. The minimum Gasteiger partial charge on any atom is -0.493 e. The van der Waals surface area contributed by atoms with Crippen molar-refractivity contribution in [3.8, 4) is 17.2 Å². The van der Waals surface area contributed by atoms with E-state index in [1.807, 2.05) is 12.3 Å². The maximum Gasteiger partial charge on any atom is 0.341 e. The summed E-state index contributed by atoms with van der Waals surface area (Å²) in [5.74, 6) is -0.167. The minimum atomic E-state index is -1.09. The molecular formula is C15H17N3O5S. The summed E-state index contributed by atoms with van der Waals surface area (Å²) in [6.45, 7) is 1.40. The molecule has 0 aliphatic heterocycles. The number of aliphatic carboxylic acids is 1. The molecule has 0 saturated carbocycles. The third-order valence-electron chi connectivity index (χ3n) is 2.82. The van der Waals surface area contributed by atoms with E-state index in [0.717, 1.165) is 5.69 Å². The zero-order chi connectivity index (χ0) is 17.5. The third-order valence-corrected chi connectivity index (χ3v) is 3.68. The van der Waals surface area contributed by atoms with Crippen molar-refractivity contribution in [2.45, 2.75) is 6.92 Å². The van der Waals surface area contributed by atoms with Gasteiger partial charge in [0.1, 0.15) is 0 Å². The number of carboxylic acids is 1. The number of benzene rings is 1. The van der Waals surface area contributed by atoms with Crippen LogP contribution >= 0.6 is 11.3 Å². The topological polar surface area (TPSA) is 102 Å². The van der Waals surface area contributed by atoms with E-state index < -0.39 is 12.6 Å². The van der Waals surface area contributed by atoms with E-state index >= 15 is 0 Å². The lowest BCUT2D eigenvalue weighted by molar-refractivity contribution is -0.139. The predicted molar refractivity (Wildman–Crippen MR) is 90.7 cm³/mol. The molecule has 1 heterocycles. The number of ether oxygens (including phenoxy) is 3. The van der Waals surface area contributed by atoms with Crippen molar-refractivity contribution < 1.29 is 24.1 Å². The Bertz CT molecular complexity index is 719. The fourth-order valence-corrected chi connectivity index (χ4v) is 2.46. The van der Waals surface area contributed by atoms with Gasteiger partial charge in [0, 0.05) is 10.9 Å². The first-order valence-electron chi connectivity index (χ1n) is 6.85. The van der Waals surface area contributed by atoms with Crippen molar-refractivity contribution in [3.05, 3.63) is 28.8 Å². The number of aromatic nitrogens is 1. The summed E-state index contributed by atoms with van der Waals surface area (Å²) in [5.41, 5.74) is 4.43. The number of nitrogens with zero attached hydrogens (tertiary/aromatic N) is 2. The Morgan fingerprint density at radius 3 is 2.54 bits per heavy atom. The van der Waals surface area contributed by atoms with Gasteiger partial charge in [0.05, 0.1) is 26.1 Å². The molecule has 0 amide bonds. The van der Waals surface area contributed by atoms with Gasteiger partial charge in [-0.3, -0.25) is 5.43 Å². The van der Waals surface area contributed by atoms with Crippen molar-refractivity contribution in [3.63, 3.8) is 0 Å². The van der Waals surface area contributed by atoms with Gasteiger partial charge in [-0.25, -0.2) is 9.78 Å². The first kappa shape index (κ1) is 17.5. The average Bonchev–Trinajstić information content (AvgIpc) is 2.97. The highest BCUT2D eigenvalue weighted by molar-refractivity contribution is 7.13. The lowest BCUT2D eigenvalue weighted by Gasteiger charge is -2.14. The Balaban J connectivity index is 2.19. The van der Waals surface area contributed by atoms with Gasteiger partial charge < -0.3 is 19.3 Å². The zero-order valence-electron chi connectivity index (χ0n) is 13.4. The van der Waals surface area contributed by atoms with Crippen LogP contribution in [0.25, 0.3) is 0 Å². The average molecular weight is 351 g/mol. The van der Waals surface area contributed by atoms with E-state index in [0.29, 0.717) is 22.2 Å². The highest BCUT2D eigenvalue weighted by Crippen LogP contribution is 2.38. The van der Waals surface area contributed by atoms with Crippen LogP contribution < -0.4 is 19.6 Å². The molecule has 2 N–H and O–H groups in total. The fraction of sp³-hybridized carbons (Fsp3) is 0.267. The molecule has 1 aromatic carbocycles. The summed E-state index contributed by atoms with van der Waals surface area (Å²) in [4.78, 5) is 14.9. The minimum absolute atomic E-state index is 0.225. The number of methoxy groups -OCH3 is 2. The highest BCUT2D eigenvalue weighted by Gasteiger charge is 2.15. The standard InChI is InChI=1S/C15H17N3O5S/c1-9-8-24-15(17-9)18-16-6-10-4-11(21-2)14(12(5-10)22-3)23-7-13(19)20/h4-6,8H,7H2,1-3H3,(H,17,18)(H,19,20). The molecule has 2 rings (SSSR count). The van der Waals surface area contributed by atoms with Crippen LogP contribution in [0.15, 0.2) is 22.6 Å². The van der Waals surface area contributed by atoms with Gasteiger partial charge in [0.25, 0.3) is 0 Å². The number of thiazole rings is 1. The Labute approximate surface area is 142 Å². The quantitative estimate of drug-likeness (QED) is 0.556. The third kappa shape index (κ3) is 4.59. The van der Waals surface area contributed by atoms with E-state index in [9.17, 15) is 4.79 Å². The van der Waals surface area contributed by atoms with Crippen LogP contribution in [0.3, 0.4) is 0 Å². The van der Waals surface area contributed by atoms with Gasteiger partial charge in [0.2, 0.25) is 10.9 Å². The van der Waals surface area contributed by atoms with Crippen LogP contribution in [0.2, 0.25) is 0 Å². The van der Waals surface area contributed by atoms with Crippen LogP contribution in [-0.4, -0.2) is 43.1 Å². The zero-order valence-corrected chi connectivity index (χ0v) is 14.2. The molecule has 0 saturated heterocycles. The summed E-state index contributed by atoms with van der Waals surface area (Å²) >= 11 is 1.45. The monoisotopic (exact) mass is 351 g/mol. The predicted octanol–water partition coefficient (Wildman–Crippen LogP) is 2.38. The molecule has 0 radical (unpaired) electrons. The van der Waals surface area contributed by atoms with E-state index in [-0.39, 0.29) is 5.75 Å². The summed E-state index contributed by atoms with van der Waals surface area (Å²) in [6, 6.07) is 3.33. The van der Waals surface area contributed by atoms with Gasteiger partial charge in [-0.05, 0) is 19.1 Å². The van der Waals surface area contributed by atoms with Crippen LogP contribution in [0.4, 0.5) is 5.13 Å². The molecule has 9 heteroatoms. The van der Waals surface area contributed by atoms with E-state index in [1.165, 1.54) is 25.6 Å². The molecule has 24 heavy (non-hydrogen) atoms. The second-order valence-electron chi connectivity index (χ2n) is 4.60. The molecule has 2 aromatic rings. The molecule has 128 valence electrons. The lowest BCUT2D eigenvalue weighted by Crippen LogP contribution is -2.11. The second kappa shape index (κ2) is 8.16. The molecule has 0 aliphatic rings. The number of aryl methyl sites for hydroxylation is 1. The Morgan fingerprint density at radius 1 is 1.38 bits per heavy atom. The van der Waals surface area contributed by atoms with Crippen molar-refractivity contribution in [2.75, 3.05) is 26.3 Å². The molecule has 0 bridgehead atoms. The molecule has 0 spiro atoms. The van der Waals surface area contributed by atoms with Crippen LogP contribution in [0.1, 0.15) is 11.3 Å². The van der Waals surface area contributed by atoms with Gasteiger partial charge in [-0.1, -0.05) is 0 Å². The van der Waals surface area contributed by atoms with Crippen LogP contribution in [0.5, 0.6) is 17.2 Å². The van der Waals surface area contributed by atoms with Gasteiger partial charge in [0.15, 0.2) is 18.1 Å². The molecule has 0 atom stereocenters. The smallest absolute Gasteiger partial charge is 0.341 e. The summed E-state index contributed by atoms with van der Waals surface area (Å²) in [7, 11) is 2.92. The summed E-state index contributed by atoms with van der Waals surface area (Å²) in [5, 5.41) is 15.4. The first-order chi connectivity index (χ1) is 11.5. The van der Waals surface area contributed by atoms with Gasteiger partial charge in [-0.15, -0.1) is 11.3 Å². The van der Waals surface area contributed by atoms with E-state index in [1.54, 1.807) is 18.3 Å². The van der Waals surface area contributed by atoms with E-state index in [4.69, 9.17) is 19.3 Å². The SMILES string of the molecule is COc1cc(C=NNc2nc(C)cs2)cc(OC)c1OCC(=O)O. The first-order valence-corrected chi connectivity index (χ1v) is 7.73. The number of carbonyl (C=O) groups is 1. The molecule has 8 nitrogen and oxygen atoms in total. The van der Waals surface area contributed by atoms with E-state index in [2.05, 4.69) is 15.5 Å². The summed E-state index contributed by atoms with van der Waals surface area (Å²) < 4.78 is 15.7. The molecule has 1 aromatic heterocycles. The summed E-state index contributed by atoms with van der Waals surface area (Å²) in [6.07, 6.45) is 1.57. The molecular weight excluding hydrogens is 334 g/mol. The Morgan fingerprint density at radius 2 is 2.04 bits per heavy atom. The van der Waals surface area contributed by atoms with Crippen molar-refractivity contribution >= 4 is 28.7 Å². The Hall–Kier alpha value is -2.81. The maximum atomic E-state index is 10.7. The molecule has 0 fully saturated rings. The van der Waals surface area contributed by atoms with Gasteiger partial charge >= 0.3 is 5.97 Å². The number of anilines is 1. The molecule has 0 aliphatic carbocycles. The van der Waals surface area contributed by atoms with Gasteiger partial charge in [-0.2, -0.15) is 5.10 Å². The molecule has 0 unspecified atom stereocenters. The second-order valence-corrected chi connectivity index (χ2v) is 5.46. The number of carboxylic acid groups (broad SMARTS) is 1. The Kier molecular flexibility index (Phi) is 5.96. The van der Waals surface area contributed by atoms with Crippen LogP contribution in [-0.2, 0) is 4.79 Å².